The standard InChI is InChI=1S/C13H17ClN2O/c1-4-16(8-9(2)3)13(17)11-6-5-10(15)7-12(11)14/h5-7H,2,4,8,15H2,1,3H3. The second-order valence-corrected chi connectivity index (χ2v) is 4.42. The van der Waals surface area contributed by atoms with Crippen molar-refractivity contribution >= 4 is 23.2 Å². The molecule has 0 radical (unpaired) electrons. The van der Waals surface area contributed by atoms with Gasteiger partial charge in [-0.25, -0.2) is 0 Å². The zero-order chi connectivity index (χ0) is 13.0. The van der Waals surface area contributed by atoms with Crippen LogP contribution in [-0.2, 0) is 0 Å². The summed E-state index contributed by atoms with van der Waals surface area (Å²) >= 11 is 6.01. The first-order chi connectivity index (χ1) is 7.95. The van der Waals surface area contributed by atoms with Crippen LogP contribution in [0.2, 0.25) is 5.02 Å². The Kier molecular flexibility index (Phi) is 4.58. The molecule has 0 spiro atoms. The topological polar surface area (TPSA) is 46.3 Å². The molecule has 0 aromatic heterocycles. The van der Waals surface area contributed by atoms with Gasteiger partial charge in [0.2, 0.25) is 0 Å². The number of likely N-dealkylation sites (N-methyl/N-ethyl adjacent to an activating group) is 1. The lowest BCUT2D eigenvalue weighted by Gasteiger charge is -2.21. The second-order valence-electron chi connectivity index (χ2n) is 4.02. The predicted molar refractivity (Wildman–Crippen MR) is 72.3 cm³/mol. The largest absolute Gasteiger partial charge is 0.399 e. The molecular formula is C13H17ClN2O. The van der Waals surface area contributed by atoms with Crippen LogP contribution < -0.4 is 5.73 Å². The van der Waals surface area contributed by atoms with Crippen molar-refractivity contribution in [3.63, 3.8) is 0 Å². The van der Waals surface area contributed by atoms with Gasteiger partial charge in [0.1, 0.15) is 0 Å². The fraction of sp³-hybridized carbons (Fsp3) is 0.308. The van der Waals surface area contributed by atoms with Crippen molar-refractivity contribution in [2.45, 2.75) is 13.8 Å². The molecule has 2 N–H and O–H groups in total. The molecule has 17 heavy (non-hydrogen) atoms. The highest BCUT2D eigenvalue weighted by Gasteiger charge is 2.16. The van der Waals surface area contributed by atoms with Crippen LogP contribution in [0.1, 0.15) is 24.2 Å². The molecule has 0 unspecified atom stereocenters. The number of rotatable bonds is 4. The third kappa shape index (κ3) is 3.49. The molecular weight excluding hydrogens is 236 g/mol. The number of nitrogens with zero attached hydrogens (tertiary/aromatic N) is 1. The molecule has 1 aromatic rings. The van der Waals surface area contributed by atoms with Gasteiger partial charge in [0.15, 0.2) is 0 Å². The Morgan fingerprint density at radius 1 is 1.53 bits per heavy atom. The van der Waals surface area contributed by atoms with Crippen LogP contribution >= 0.6 is 11.6 Å². The molecule has 1 aromatic carbocycles. The number of hydrogen-bond acceptors (Lipinski definition) is 2. The molecule has 0 fully saturated rings. The molecule has 1 rings (SSSR count). The molecule has 4 heteroatoms. The minimum Gasteiger partial charge on any atom is -0.399 e. The Morgan fingerprint density at radius 2 is 2.18 bits per heavy atom. The van der Waals surface area contributed by atoms with E-state index in [1.165, 1.54) is 0 Å². The summed E-state index contributed by atoms with van der Waals surface area (Å²) in [5, 5.41) is 0.384. The normalized spacial score (nSPS) is 10.1. The molecule has 0 heterocycles. The molecule has 0 saturated carbocycles. The van der Waals surface area contributed by atoms with E-state index in [1.54, 1.807) is 23.1 Å². The third-order valence-corrected chi connectivity index (χ3v) is 2.67. The monoisotopic (exact) mass is 252 g/mol. The highest BCUT2D eigenvalue weighted by atomic mass is 35.5. The molecule has 0 bridgehead atoms. The zero-order valence-electron chi connectivity index (χ0n) is 10.2. The van der Waals surface area contributed by atoms with E-state index in [4.69, 9.17) is 17.3 Å². The van der Waals surface area contributed by atoms with Crippen molar-refractivity contribution in [1.29, 1.82) is 0 Å². The van der Waals surface area contributed by atoms with Gasteiger partial charge in [0.25, 0.3) is 5.91 Å². The number of carbonyl (C=O) groups is 1. The molecule has 0 aliphatic carbocycles. The molecule has 0 aliphatic rings. The van der Waals surface area contributed by atoms with Crippen molar-refractivity contribution in [1.82, 2.24) is 4.90 Å². The highest BCUT2D eigenvalue weighted by Crippen LogP contribution is 2.21. The summed E-state index contributed by atoms with van der Waals surface area (Å²) < 4.78 is 0. The highest BCUT2D eigenvalue weighted by molar-refractivity contribution is 6.34. The molecule has 0 aliphatic heterocycles. The van der Waals surface area contributed by atoms with E-state index in [0.29, 0.717) is 29.4 Å². The number of halogens is 1. The number of nitrogen functional groups attached to an aromatic ring is 1. The average molecular weight is 253 g/mol. The molecule has 3 nitrogen and oxygen atoms in total. The first-order valence-electron chi connectivity index (χ1n) is 5.44. The van der Waals surface area contributed by atoms with Gasteiger partial charge in [-0.05, 0) is 32.0 Å². The van der Waals surface area contributed by atoms with E-state index in [1.807, 2.05) is 13.8 Å². The van der Waals surface area contributed by atoms with Crippen molar-refractivity contribution < 1.29 is 4.79 Å². The van der Waals surface area contributed by atoms with Gasteiger partial charge in [-0.15, -0.1) is 0 Å². The number of hydrogen-bond donors (Lipinski definition) is 1. The van der Waals surface area contributed by atoms with Crippen LogP contribution in [-0.4, -0.2) is 23.9 Å². The fourth-order valence-electron chi connectivity index (χ4n) is 1.53. The summed E-state index contributed by atoms with van der Waals surface area (Å²) in [5.41, 5.74) is 7.56. The molecule has 0 atom stereocenters. The number of nitrogens with two attached hydrogens (primary N) is 1. The Hall–Kier alpha value is -1.48. The summed E-state index contributed by atoms with van der Waals surface area (Å²) in [4.78, 5) is 13.9. The average Bonchev–Trinajstić information content (AvgIpc) is 2.24. The maximum absolute atomic E-state index is 12.2. The first-order valence-corrected chi connectivity index (χ1v) is 5.82. The summed E-state index contributed by atoms with van der Waals surface area (Å²) in [6.07, 6.45) is 0. The maximum Gasteiger partial charge on any atom is 0.255 e. The smallest absolute Gasteiger partial charge is 0.255 e. The van der Waals surface area contributed by atoms with E-state index in [-0.39, 0.29) is 5.91 Å². The lowest BCUT2D eigenvalue weighted by atomic mass is 10.1. The summed E-state index contributed by atoms with van der Waals surface area (Å²) in [6, 6.07) is 4.91. The maximum atomic E-state index is 12.2. The van der Waals surface area contributed by atoms with Gasteiger partial charge in [-0.3, -0.25) is 4.79 Å². The van der Waals surface area contributed by atoms with Crippen LogP contribution in [0.4, 0.5) is 5.69 Å². The van der Waals surface area contributed by atoms with Crippen LogP contribution in [0.3, 0.4) is 0 Å². The van der Waals surface area contributed by atoms with Crippen LogP contribution in [0, 0.1) is 0 Å². The lowest BCUT2D eigenvalue weighted by molar-refractivity contribution is 0.0778. The van der Waals surface area contributed by atoms with Gasteiger partial charge < -0.3 is 10.6 Å². The van der Waals surface area contributed by atoms with Crippen molar-refractivity contribution in [3.05, 3.63) is 40.9 Å². The van der Waals surface area contributed by atoms with Crippen LogP contribution in [0.25, 0.3) is 0 Å². The summed E-state index contributed by atoms with van der Waals surface area (Å²) in [5.74, 6) is -0.0968. The minimum atomic E-state index is -0.0968. The van der Waals surface area contributed by atoms with Crippen molar-refractivity contribution in [2.75, 3.05) is 18.8 Å². The lowest BCUT2D eigenvalue weighted by Crippen LogP contribution is -2.32. The van der Waals surface area contributed by atoms with Crippen molar-refractivity contribution in [3.8, 4) is 0 Å². The van der Waals surface area contributed by atoms with Gasteiger partial charge in [-0.2, -0.15) is 0 Å². The Morgan fingerprint density at radius 3 is 2.65 bits per heavy atom. The molecule has 0 saturated heterocycles. The number of benzene rings is 1. The van der Waals surface area contributed by atoms with E-state index < -0.39 is 0 Å². The SMILES string of the molecule is C=C(C)CN(CC)C(=O)c1ccc(N)cc1Cl. The number of anilines is 1. The summed E-state index contributed by atoms with van der Waals surface area (Å²) in [7, 11) is 0. The van der Waals surface area contributed by atoms with E-state index in [0.717, 1.165) is 5.57 Å². The van der Waals surface area contributed by atoms with Gasteiger partial charge in [0.05, 0.1) is 10.6 Å². The predicted octanol–water partition coefficient (Wildman–Crippen LogP) is 2.96. The quantitative estimate of drug-likeness (QED) is 0.662. The van der Waals surface area contributed by atoms with E-state index >= 15 is 0 Å². The zero-order valence-corrected chi connectivity index (χ0v) is 10.9. The van der Waals surface area contributed by atoms with Crippen LogP contribution in [0.15, 0.2) is 30.4 Å². The Bertz CT molecular complexity index is 443. The Labute approximate surface area is 107 Å². The Balaban J connectivity index is 2.97. The number of carbonyl (C=O) groups excluding carboxylic acids is 1. The van der Waals surface area contributed by atoms with Crippen LogP contribution in [0.5, 0.6) is 0 Å². The van der Waals surface area contributed by atoms with Crippen molar-refractivity contribution in [2.24, 2.45) is 0 Å². The van der Waals surface area contributed by atoms with Gasteiger partial charge in [-0.1, -0.05) is 23.8 Å². The minimum absolute atomic E-state index is 0.0968. The number of amides is 1. The van der Waals surface area contributed by atoms with Gasteiger partial charge >= 0.3 is 0 Å². The van der Waals surface area contributed by atoms with E-state index in [2.05, 4.69) is 6.58 Å². The van der Waals surface area contributed by atoms with E-state index in [9.17, 15) is 4.79 Å². The first kappa shape index (κ1) is 13.6. The molecule has 1 amide bonds. The molecule has 92 valence electrons. The third-order valence-electron chi connectivity index (χ3n) is 2.35. The second kappa shape index (κ2) is 5.73. The fourth-order valence-corrected chi connectivity index (χ4v) is 1.80. The summed E-state index contributed by atoms with van der Waals surface area (Å²) in [6.45, 7) is 8.78. The van der Waals surface area contributed by atoms with Gasteiger partial charge in [0, 0.05) is 18.8 Å².